The third-order valence-electron chi connectivity index (χ3n) is 3.87. The number of carbonyl (C=O) groups excluding carboxylic acids is 1. The number of aromatic amines is 1. The van der Waals surface area contributed by atoms with E-state index in [1.165, 1.54) is 11.8 Å². The van der Waals surface area contributed by atoms with Crippen LogP contribution >= 0.6 is 0 Å². The summed E-state index contributed by atoms with van der Waals surface area (Å²) in [5.74, 6) is -4.99. The van der Waals surface area contributed by atoms with Gasteiger partial charge in [-0.15, -0.1) is 10.2 Å². The van der Waals surface area contributed by atoms with Gasteiger partial charge in [-0.05, 0) is 12.8 Å². The maximum atomic E-state index is 13.3. The summed E-state index contributed by atoms with van der Waals surface area (Å²) in [5, 5.41) is 13.4. The van der Waals surface area contributed by atoms with E-state index in [0.717, 1.165) is 6.42 Å². The Morgan fingerprint density at radius 1 is 1.56 bits per heavy atom. The fourth-order valence-corrected chi connectivity index (χ4v) is 2.65. The molecule has 1 saturated carbocycles. The number of halogens is 2. The topological polar surface area (TPSA) is 74.8 Å². The summed E-state index contributed by atoms with van der Waals surface area (Å²) in [7, 11) is 0. The number of carbonyl (C=O) groups is 1. The molecule has 1 saturated heterocycles. The normalized spacial score (nSPS) is 33.7. The second-order valence-corrected chi connectivity index (χ2v) is 4.90. The van der Waals surface area contributed by atoms with Crippen LogP contribution < -0.4 is 0 Å². The van der Waals surface area contributed by atoms with E-state index in [1.54, 1.807) is 0 Å². The summed E-state index contributed by atoms with van der Waals surface area (Å²) in [6.07, 6.45) is 1.47. The Morgan fingerprint density at radius 3 is 2.83 bits per heavy atom. The number of hydrogen-bond acceptors (Lipinski definition) is 4. The molecule has 1 aliphatic carbocycles. The van der Waals surface area contributed by atoms with Crippen LogP contribution in [0.3, 0.4) is 0 Å². The standard InChI is InChI=1S/C10H13F2N5O/c1-5-7(10(5,11)12)9(18)17-4-2-3-6(17)8-13-15-16-14-8/h5-7H,2-4H2,1H3,(H,13,14,15,16)/t5-,6?,7+/m1/s1. The minimum absolute atomic E-state index is 0.320. The van der Waals surface area contributed by atoms with Gasteiger partial charge in [0.25, 0.3) is 5.92 Å². The van der Waals surface area contributed by atoms with Gasteiger partial charge in [0.05, 0.1) is 6.04 Å². The Labute approximate surface area is 102 Å². The molecule has 1 aromatic rings. The van der Waals surface area contributed by atoms with Gasteiger partial charge < -0.3 is 4.90 Å². The summed E-state index contributed by atoms with van der Waals surface area (Å²) in [6.45, 7) is 1.89. The molecule has 1 amide bonds. The van der Waals surface area contributed by atoms with E-state index in [9.17, 15) is 13.6 Å². The third-order valence-corrected chi connectivity index (χ3v) is 3.87. The van der Waals surface area contributed by atoms with Gasteiger partial charge in [-0.3, -0.25) is 4.79 Å². The van der Waals surface area contributed by atoms with Gasteiger partial charge in [0.15, 0.2) is 5.82 Å². The molecule has 6 nitrogen and oxygen atoms in total. The zero-order valence-corrected chi connectivity index (χ0v) is 9.81. The molecule has 2 fully saturated rings. The Hall–Kier alpha value is -1.60. The van der Waals surface area contributed by atoms with Gasteiger partial charge in [-0.2, -0.15) is 5.21 Å². The van der Waals surface area contributed by atoms with Crippen LogP contribution in [0.4, 0.5) is 8.78 Å². The van der Waals surface area contributed by atoms with Crippen molar-refractivity contribution in [2.24, 2.45) is 11.8 Å². The molecule has 18 heavy (non-hydrogen) atoms. The second-order valence-electron chi connectivity index (χ2n) is 4.90. The van der Waals surface area contributed by atoms with E-state index < -0.39 is 23.7 Å². The first-order chi connectivity index (χ1) is 8.53. The Morgan fingerprint density at radius 2 is 2.28 bits per heavy atom. The van der Waals surface area contributed by atoms with E-state index in [4.69, 9.17) is 0 Å². The van der Waals surface area contributed by atoms with Crippen molar-refractivity contribution >= 4 is 5.91 Å². The van der Waals surface area contributed by atoms with Gasteiger partial charge in [-0.1, -0.05) is 12.1 Å². The van der Waals surface area contributed by atoms with Crippen LogP contribution in [0, 0.1) is 11.8 Å². The quantitative estimate of drug-likeness (QED) is 0.849. The highest BCUT2D eigenvalue weighted by Crippen LogP contribution is 2.56. The van der Waals surface area contributed by atoms with Crippen LogP contribution in [0.15, 0.2) is 0 Å². The molecule has 1 aliphatic heterocycles. The predicted octanol–water partition coefficient (Wildman–Crippen LogP) is 0.764. The van der Waals surface area contributed by atoms with E-state index >= 15 is 0 Å². The van der Waals surface area contributed by atoms with Gasteiger partial charge in [0, 0.05) is 12.5 Å². The number of nitrogens with zero attached hydrogens (tertiary/aromatic N) is 4. The van der Waals surface area contributed by atoms with Gasteiger partial charge in [-0.25, -0.2) is 8.78 Å². The summed E-state index contributed by atoms with van der Waals surface area (Å²) >= 11 is 0. The molecule has 0 radical (unpaired) electrons. The summed E-state index contributed by atoms with van der Waals surface area (Å²) < 4.78 is 26.5. The Kier molecular flexibility index (Phi) is 2.36. The lowest BCUT2D eigenvalue weighted by Crippen LogP contribution is -2.33. The molecule has 2 heterocycles. The second kappa shape index (κ2) is 3.69. The first-order valence-electron chi connectivity index (χ1n) is 5.95. The molecule has 0 bridgehead atoms. The van der Waals surface area contributed by atoms with E-state index in [-0.39, 0.29) is 6.04 Å². The highest BCUT2D eigenvalue weighted by molar-refractivity contribution is 5.84. The number of H-pyrrole nitrogens is 1. The Balaban J connectivity index is 1.78. The molecule has 1 N–H and O–H groups in total. The van der Waals surface area contributed by atoms with Crippen molar-refractivity contribution in [3.8, 4) is 0 Å². The fraction of sp³-hybridized carbons (Fsp3) is 0.800. The number of aromatic nitrogens is 4. The zero-order chi connectivity index (χ0) is 12.9. The summed E-state index contributed by atoms with van der Waals surface area (Å²) in [6, 6.07) is -0.320. The number of rotatable bonds is 2. The summed E-state index contributed by atoms with van der Waals surface area (Å²) in [5.41, 5.74) is 0. The number of nitrogens with one attached hydrogen (secondary N) is 1. The monoisotopic (exact) mass is 257 g/mol. The molecule has 0 aromatic carbocycles. The number of tetrazole rings is 1. The van der Waals surface area contributed by atoms with Gasteiger partial charge >= 0.3 is 0 Å². The minimum Gasteiger partial charge on any atom is -0.332 e. The smallest absolute Gasteiger partial charge is 0.263 e. The van der Waals surface area contributed by atoms with Crippen LogP contribution in [0.2, 0.25) is 0 Å². The molecule has 3 rings (SSSR count). The van der Waals surface area contributed by atoms with Crippen molar-refractivity contribution in [2.75, 3.05) is 6.54 Å². The maximum Gasteiger partial charge on any atom is 0.263 e. The molecule has 3 atom stereocenters. The molecule has 8 heteroatoms. The van der Waals surface area contributed by atoms with Gasteiger partial charge in [0.1, 0.15) is 5.92 Å². The maximum absolute atomic E-state index is 13.3. The van der Waals surface area contributed by atoms with Crippen LogP contribution in [0.1, 0.15) is 31.6 Å². The lowest BCUT2D eigenvalue weighted by molar-refractivity contribution is -0.136. The largest absolute Gasteiger partial charge is 0.332 e. The van der Waals surface area contributed by atoms with Crippen LogP contribution in [0.25, 0.3) is 0 Å². The van der Waals surface area contributed by atoms with Gasteiger partial charge in [0.2, 0.25) is 5.91 Å². The average Bonchev–Trinajstić information content (AvgIpc) is 2.83. The van der Waals surface area contributed by atoms with E-state index in [0.29, 0.717) is 18.8 Å². The number of likely N-dealkylation sites (tertiary alicyclic amines) is 1. The van der Waals surface area contributed by atoms with Crippen molar-refractivity contribution in [1.29, 1.82) is 0 Å². The minimum atomic E-state index is -2.86. The predicted molar refractivity (Wildman–Crippen MR) is 55.5 cm³/mol. The lowest BCUT2D eigenvalue weighted by atomic mass is 10.2. The highest BCUT2D eigenvalue weighted by atomic mass is 19.3. The molecular formula is C10H13F2N5O. The molecule has 98 valence electrons. The van der Waals surface area contributed by atoms with Crippen molar-refractivity contribution in [1.82, 2.24) is 25.5 Å². The molecule has 1 aromatic heterocycles. The first-order valence-corrected chi connectivity index (χ1v) is 5.95. The lowest BCUT2D eigenvalue weighted by Gasteiger charge is -2.22. The molecular weight excluding hydrogens is 244 g/mol. The average molecular weight is 257 g/mol. The molecule has 2 aliphatic rings. The van der Waals surface area contributed by atoms with Crippen LogP contribution in [-0.2, 0) is 4.79 Å². The van der Waals surface area contributed by atoms with Crippen molar-refractivity contribution in [3.63, 3.8) is 0 Å². The highest BCUT2D eigenvalue weighted by Gasteiger charge is 2.70. The van der Waals surface area contributed by atoms with Crippen LogP contribution in [0.5, 0.6) is 0 Å². The Bertz CT molecular complexity index is 463. The van der Waals surface area contributed by atoms with Crippen LogP contribution in [-0.4, -0.2) is 43.9 Å². The number of hydrogen-bond donors (Lipinski definition) is 1. The number of amides is 1. The summed E-state index contributed by atoms with van der Waals surface area (Å²) in [4.78, 5) is 13.6. The van der Waals surface area contributed by atoms with Crippen molar-refractivity contribution in [2.45, 2.75) is 31.7 Å². The SMILES string of the molecule is C[C@@H]1[C@@H](C(=O)N2CCCC2c2nn[nH]n2)C1(F)F. The van der Waals surface area contributed by atoms with E-state index in [2.05, 4.69) is 20.6 Å². The van der Waals surface area contributed by atoms with Crippen molar-refractivity contribution < 1.29 is 13.6 Å². The zero-order valence-electron chi connectivity index (χ0n) is 9.81. The van der Waals surface area contributed by atoms with Crippen molar-refractivity contribution in [3.05, 3.63) is 5.82 Å². The third kappa shape index (κ3) is 1.51. The molecule has 1 unspecified atom stereocenters. The van der Waals surface area contributed by atoms with E-state index in [1.807, 2.05) is 0 Å². The fourth-order valence-electron chi connectivity index (χ4n) is 2.65. The molecule has 0 spiro atoms. The first kappa shape index (κ1) is 11.5. The number of alkyl halides is 2.